The fourth-order valence-corrected chi connectivity index (χ4v) is 1.60. The Balaban J connectivity index is 2.33. The minimum atomic E-state index is 0.0567. The van der Waals surface area contributed by atoms with E-state index >= 15 is 0 Å². The van der Waals surface area contributed by atoms with E-state index in [9.17, 15) is 4.79 Å². The second-order valence-electron chi connectivity index (χ2n) is 4.36. The predicted octanol–water partition coefficient (Wildman–Crippen LogP) is 2.40. The second kappa shape index (κ2) is 6.94. The van der Waals surface area contributed by atoms with Gasteiger partial charge in [-0.1, -0.05) is 32.0 Å². The molecule has 94 valence electrons. The zero-order chi connectivity index (χ0) is 12.7. The lowest BCUT2D eigenvalue weighted by atomic mass is 10.1. The lowest BCUT2D eigenvalue weighted by Gasteiger charge is -2.09. The number of hydrogen-bond donors (Lipinski definition) is 1. The van der Waals surface area contributed by atoms with Gasteiger partial charge >= 0.3 is 0 Å². The third-order valence-corrected chi connectivity index (χ3v) is 2.64. The van der Waals surface area contributed by atoms with E-state index in [-0.39, 0.29) is 11.8 Å². The van der Waals surface area contributed by atoms with Gasteiger partial charge in [0.25, 0.3) is 0 Å². The van der Waals surface area contributed by atoms with Gasteiger partial charge in [-0.3, -0.25) is 4.79 Å². The number of carbonyl (C=O) groups is 1. The molecule has 0 atom stereocenters. The van der Waals surface area contributed by atoms with Crippen LogP contribution in [-0.4, -0.2) is 19.6 Å². The van der Waals surface area contributed by atoms with Gasteiger partial charge in [-0.25, -0.2) is 0 Å². The lowest BCUT2D eigenvalue weighted by molar-refractivity contribution is -0.123. The molecule has 0 aliphatic rings. The maximum Gasteiger partial charge on any atom is 0.222 e. The van der Waals surface area contributed by atoms with Crippen LogP contribution in [0.4, 0.5) is 0 Å². The van der Waals surface area contributed by atoms with E-state index in [0.29, 0.717) is 0 Å². The monoisotopic (exact) mass is 235 g/mol. The predicted molar refractivity (Wildman–Crippen MR) is 69.2 cm³/mol. The van der Waals surface area contributed by atoms with Crippen molar-refractivity contribution in [1.29, 1.82) is 0 Å². The van der Waals surface area contributed by atoms with Crippen molar-refractivity contribution in [3.05, 3.63) is 29.8 Å². The van der Waals surface area contributed by atoms with Crippen LogP contribution in [0.3, 0.4) is 0 Å². The molecule has 0 saturated heterocycles. The second-order valence-corrected chi connectivity index (χ2v) is 4.36. The quantitative estimate of drug-likeness (QED) is 0.769. The summed E-state index contributed by atoms with van der Waals surface area (Å²) in [5.41, 5.74) is 1.19. The summed E-state index contributed by atoms with van der Waals surface area (Å²) in [7, 11) is 1.68. The lowest BCUT2D eigenvalue weighted by Crippen LogP contribution is -2.28. The Hall–Kier alpha value is -1.51. The summed E-state index contributed by atoms with van der Waals surface area (Å²) < 4.78 is 5.27. The molecular formula is C14H21NO2. The highest BCUT2D eigenvalue weighted by Gasteiger charge is 2.05. The van der Waals surface area contributed by atoms with Crippen LogP contribution >= 0.6 is 0 Å². The molecule has 0 bridgehead atoms. The number of carbonyl (C=O) groups excluding carboxylic acids is 1. The van der Waals surface area contributed by atoms with Crippen molar-refractivity contribution in [2.24, 2.45) is 5.92 Å². The highest BCUT2D eigenvalue weighted by Crippen LogP contribution is 2.18. The first-order chi connectivity index (χ1) is 8.15. The molecule has 0 spiro atoms. The van der Waals surface area contributed by atoms with Crippen molar-refractivity contribution in [2.75, 3.05) is 13.7 Å². The first kappa shape index (κ1) is 13.6. The summed E-state index contributed by atoms with van der Waals surface area (Å²) in [5, 5.41) is 2.91. The molecule has 0 fully saturated rings. The summed E-state index contributed by atoms with van der Waals surface area (Å²) in [5.74, 6) is 1.09. The van der Waals surface area contributed by atoms with E-state index in [4.69, 9.17) is 4.74 Å². The molecule has 1 N–H and O–H groups in total. The van der Waals surface area contributed by atoms with Crippen molar-refractivity contribution in [3.63, 3.8) is 0 Å². The summed E-state index contributed by atoms with van der Waals surface area (Å²) >= 11 is 0. The number of methoxy groups -OCH3 is 1. The van der Waals surface area contributed by atoms with E-state index in [1.165, 1.54) is 5.56 Å². The average Bonchev–Trinajstić information content (AvgIpc) is 2.34. The maximum absolute atomic E-state index is 11.3. The molecule has 3 heteroatoms. The topological polar surface area (TPSA) is 38.3 Å². The fourth-order valence-electron chi connectivity index (χ4n) is 1.60. The van der Waals surface area contributed by atoms with Crippen molar-refractivity contribution < 1.29 is 9.53 Å². The number of para-hydroxylation sites is 1. The Morgan fingerprint density at radius 3 is 2.71 bits per heavy atom. The highest BCUT2D eigenvalue weighted by molar-refractivity contribution is 5.77. The largest absolute Gasteiger partial charge is 0.496 e. The number of nitrogens with one attached hydrogen (secondary N) is 1. The number of ether oxygens (including phenoxy) is 1. The Morgan fingerprint density at radius 1 is 1.35 bits per heavy atom. The van der Waals surface area contributed by atoms with Gasteiger partial charge in [0.05, 0.1) is 7.11 Å². The zero-order valence-corrected chi connectivity index (χ0v) is 10.8. The van der Waals surface area contributed by atoms with Crippen LogP contribution in [0.5, 0.6) is 5.75 Å². The minimum absolute atomic E-state index is 0.0567. The molecule has 0 saturated carbocycles. The molecule has 1 aromatic carbocycles. The molecule has 1 amide bonds. The maximum atomic E-state index is 11.3. The zero-order valence-electron chi connectivity index (χ0n) is 10.8. The smallest absolute Gasteiger partial charge is 0.222 e. The standard InChI is InChI=1S/C14H21NO2/c1-11(2)14(16)15-10-6-8-12-7-4-5-9-13(12)17-3/h4-5,7,9,11H,6,8,10H2,1-3H3,(H,15,16). The molecule has 0 unspecified atom stereocenters. The van der Waals surface area contributed by atoms with Crippen molar-refractivity contribution in [1.82, 2.24) is 5.32 Å². The molecule has 3 nitrogen and oxygen atoms in total. The van der Waals surface area contributed by atoms with Crippen LogP contribution in [0, 0.1) is 5.92 Å². The van der Waals surface area contributed by atoms with E-state index < -0.39 is 0 Å². The Bertz CT molecular complexity index is 361. The highest BCUT2D eigenvalue weighted by atomic mass is 16.5. The van der Waals surface area contributed by atoms with E-state index in [1.807, 2.05) is 32.0 Å². The molecular weight excluding hydrogens is 214 g/mol. The van der Waals surface area contributed by atoms with Gasteiger partial charge in [0, 0.05) is 12.5 Å². The molecule has 0 aromatic heterocycles. The molecule has 0 heterocycles. The number of hydrogen-bond acceptors (Lipinski definition) is 2. The fraction of sp³-hybridized carbons (Fsp3) is 0.500. The summed E-state index contributed by atoms with van der Waals surface area (Å²) in [6, 6.07) is 7.98. The van der Waals surface area contributed by atoms with Crippen molar-refractivity contribution in [3.8, 4) is 5.75 Å². The molecule has 0 aliphatic carbocycles. The summed E-state index contributed by atoms with van der Waals surface area (Å²) in [4.78, 5) is 11.3. The van der Waals surface area contributed by atoms with Gasteiger partial charge in [-0.15, -0.1) is 0 Å². The molecule has 1 aromatic rings. The number of benzene rings is 1. The van der Waals surface area contributed by atoms with Gasteiger partial charge in [0.2, 0.25) is 5.91 Å². The van der Waals surface area contributed by atoms with Gasteiger partial charge in [-0.2, -0.15) is 0 Å². The minimum Gasteiger partial charge on any atom is -0.496 e. The van der Waals surface area contributed by atoms with E-state index in [0.717, 1.165) is 25.1 Å². The molecule has 17 heavy (non-hydrogen) atoms. The number of aryl methyl sites for hydroxylation is 1. The van der Waals surface area contributed by atoms with E-state index in [1.54, 1.807) is 7.11 Å². The Labute approximate surface area is 103 Å². The number of amides is 1. The molecule has 1 rings (SSSR count). The number of rotatable bonds is 6. The molecule has 0 aliphatic heterocycles. The van der Waals surface area contributed by atoms with Gasteiger partial charge in [-0.05, 0) is 24.5 Å². The normalized spacial score (nSPS) is 10.4. The Kier molecular flexibility index (Phi) is 5.53. The third-order valence-electron chi connectivity index (χ3n) is 2.64. The Morgan fingerprint density at radius 2 is 2.06 bits per heavy atom. The van der Waals surface area contributed by atoms with Crippen LogP contribution < -0.4 is 10.1 Å². The summed E-state index contributed by atoms with van der Waals surface area (Å²) in [6.07, 6.45) is 1.85. The first-order valence-electron chi connectivity index (χ1n) is 6.04. The van der Waals surface area contributed by atoms with Gasteiger partial charge in [0.1, 0.15) is 5.75 Å². The van der Waals surface area contributed by atoms with Crippen molar-refractivity contribution in [2.45, 2.75) is 26.7 Å². The van der Waals surface area contributed by atoms with Gasteiger partial charge < -0.3 is 10.1 Å². The van der Waals surface area contributed by atoms with Crippen LogP contribution in [0.15, 0.2) is 24.3 Å². The third kappa shape index (κ3) is 4.47. The van der Waals surface area contributed by atoms with Crippen LogP contribution in [0.2, 0.25) is 0 Å². The first-order valence-corrected chi connectivity index (χ1v) is 6.04. The average molecular weight is 235 g/mol. The summed E-state index contributed by atoms with van der Waals surface area (Å²) in [6.45, 7) is 4.51. The SMILES string of the molecule is COc1ccccc1CCCNC(=O)C(C)C. The van der Waals surface area contributed by atoms with Crippen LogP contribution in [0.25, 0.3) is 0 Å². The van der Waals surface area contributed by atoms with Gasteiger partial charge in [0.15, 0.2) is 0 Å². The molecule has 0 radical (unpaired) electrons. The van der Waals surface area contributed by atoms with Crippen LogP contribution in [-0.2, 0) is 11.2 Å². The van der Waals surface area contributed by atoms with E-state index in [2.05, 4.69) is 11.4 Å². The van der Waals surface area contributed by atoms with Crippen LogP contribution in [0.1, 0.15) is 25.8 Å². The van der Waals surface area contributed by atoms with Crippen molar-refractivity contribution >= 4 is 5.91 Å².